The molecule has 112 valence electrons. The van der Waals surface area contributed by atoms with Gasteiger partial charge in [0.1, 0.15) is 5.69 Å². The molecule has 1 aliphatic rings. The second kappa shape index (κ2) is 7.45. The van der Waals surface area contributed by atoms with E-state index in [-0.39, 0.29) is 5.97 Å². The summed E-state index contributed by atoms with van der Waals surface area (Å²) in [5, 5.41) is 3.56. The van der Waals surface area contributed by atoms with E-state index in [1.54, 1.807) is 6.07 Å². The van der Waals surface area contributed by atoms with Gasteiger partial charge in [-0.25, -0.2) is 4.79 Å². The van der Waals surface area contributed by atoms with Gasteiger partial charge in [-0.1, -0.05) is 6.92 Å². The molecule has 1 fully saturated rings. The zero-order valence-electron chi connectivity index (χ0n) is 12.4. The first-order chi connectivity index (χ1) is 9.72. The Hall–Kier alpha value is -1.33. The molecule has 5 heteroatoms. The summed E-state index contributed by atoms with van der Waals surface area (Å²) in [5.41, 5.74) is 1.54. The van der Waals surface area contributed by atoms with Crippen molar-refractivity contribution in [1.29, 1.82) is 0 Å². The minimum absolute atomic E-state index is 0.316. The molecule has 20 heavy (non-hydrogen) atoms. The Balaban J connectivity index is 1.73. The predicted octanol–water partition coefficient (Wildman–Crippen LogP) is 1.77. The fourth-order valence-electron chi connectivity index (χ4n) is 2.70. The Morgan fingerprint density at radius 3 is 2.85 bits per heavy atom. The van der Waals surface area contributed by atoms with Gasteiger partial charge in [0, 0.05) is 18.3 Å². The van der Waals surface area contributed by atoms with E-state index in [4.69, 9.17) is 0 Å². The molecule has 1 aromatic rings. The highest BCUT2D eigenvalue weighted by atomic mass is 16.5. The van der Waals surface area contributed by atoms with Crippen molar-refractivity contribution >= 4 is 5.97 Å². The quantitative estimate of drug-likeness (QED) is 0.779. The van der Waals surface area contributed by atoms with E-state index >= 15 is 0 Å². The van der Waals surface area contributed by atoms with Gasteiger partial charge in [-0.15, -0.1) is 0 Å². The number of nitrogens with one attached hydrogen (secondary N) is 2. The molecule has 0 aliphatic carbocycles. The van der Waals surface area contributed by atoms with Crippen molar-refractivity contribution in [2.45, 2.75) is 38.8 Å². The number of rotatable bonds is 6. The molecule has 0 bridgehead atoms. The van der Waals surface area contributed by atoms with Gasteiger partial charge >= 0.3 is 5.97 Å². The molecule has 1 saturated heterocycles. The van der Waals surface area contributed by atoms with E-state index in [0.717, 1.165) is 12.2 Å². The van der Waals surface area contributed by atoms with Crippen LogP contribution in [-0.4, -0.2) is 48.6 Å². The van der Waals surface area contributed by atoms with Crippen LogP contribution in [0.4, 0.5) is 0 Å². The second-order valence-corrected chi connectivity index (χ2v) is 5.39. The molecular formula is C15H25N3O2. The lowest BCUT2D eigenvalue weighted by molar-refractivity contribution is 0.0594. The van der Waals surface area contributed by atoms with Crippen LogP contribution in [0.25, 0.3) is 0 Å². The van der Waals surface area contributed by atoms with Crippen LogP contribution in [0.1, 0.15) is 42.4 Å². The smallest absolute Gasteiger partial charge is 0.354 e. The van der Waals surface area contributed by atoms with Crippen LogP contribution < -0.4 is 5.32 Å². The fourth-order valence-corrected chi connectivity index (χ4v) is 2.70. The monoisotopic (exact) mass is 279 g/mol. The summed E-state index contributed by atoms with van der Waals surface area (Å²) < 4.78 is 4.68. The number of ether oxygens (including phenoxy) is 1. The molecular weight excluding hydrogens is 254 g/mol. The molecule has 2 rings (SSSR count). The number of carbonyl (C=O) groups excluding carboxylic acids is 1. The zero-order chi connectivity index (χ0) is 14.4. The highest BCUT2D eigenvalue weighted by Gasteiger charge is 2.18. The van der Waals surface area contributed by atoms with Crippen molar-refractivity contribution in [1.82, 2.24) is 15.2 Å². The lowest BCUT2D eigenvalue weighted by Crippen LogP contribution is -2.42. The number of esters is 1. The number of H-pyrrole nitrogens is 1. The number of methoxy groups -OCH3 is 1. The van der Waals surface area contributed by atoms with Gasteiger partial charge in [0.25, 0.3) is 0 Å². The maximum absolute atomic E-state index is 11.4. The van der Waals surface area contributed by atoms with Crippen LogP contribution in [0, 0.1) is 0 Å². The van der Waals surface area contributed by atoms with E-state index in [2.05, 4.69) is 26.9 Å². The highest BCUT2D eigenvalue weighted by molar-refractivity contribution is 5.87. The number of carbonyl (C=O) groups is 1. The molecule has 0 aromatic carbocycles. The third-order valence-corrected chi connectivity index (χ3v) is 3.86. The first-order valence-corrected chi connectivity index (χ1v) is 7.45. The van der Waals surface area contributed by atoms with Crippen molar-refractivity contribution in [2.24, 2.45) is 0 Å². The Kier molecular flexibility index (Phi) is 5.61. The first kappa shape index (κ1) is 15.1. The Morgan fingerprint density at radius 1 is 1.45 bits per heavy atom. The van der Waals surface area contributed by atoms with Gasteiger partial charge in [-0.05, 0) is 51.0 Å². The fraction of sp³-hybridized carbons (Fsp3) is 0.667. The molecule has 0 unspecified atom stereocenters. The summed E-state index contributed by atoms with van der Waals surface area (Å²) in [6, 6.07) is 4.28. The number of hydrogen-bond donors (Lipinski definition) is 2. The average Bonchev–Trinajstić information content (AvgIpc) is 2.95. The molecule has 2 heterocycles. The molecule has 2 N–H and O–H groups in total. The van der Waals surface area contributed by atoms with E-state index in [0.29, 0.717) is 11.7 Å². The van der Waals surface area contributed by atoms with Gasteiger partial charge in [0.15, 0.2) is 0 Å². The molecule has 0 radical (unpaired) electrons. The Morgan fingerprint density at radius 2 is 2.20 bits per heavy atom. The average molecular weight is 279 g/mol. The van der Waals surface area contributed by atoms with Crippen molar-refractivity contribution in [2.75, 3.05) is 26.7 Å². The van der Waals surface area contributed by atoms with Gasteiger partial charge in [0.05, 0.1) is 7.11 Å². The summed E-state index contributed by atoms with van der Waals surface area (Å²) in [5.74, 6) is -0.316. The minimum Gasteiger partial charge on any atom is -0.464 e. The van der Waals surface area contributed by atoms with Crippen molar-refractivity contribution in [3.63, 3.8) is 0 Å². The highest BCUT2D eigenvalue weighted by Crippen LogP contribution is 2.11. The van der Waals surface area contributed by atoms with Crippen LogP contribution in [0.15, 0.2) is 12.1 Å². The third kappa shape index (κ3) is 4.08. The standard InChI is InChI=1S/C15H25N3O2/c1-3-8-18-9-6-12(7-10-18)16-11-13-4-5-14(17-13)15(19)20-2/h4-5,12,16-17H,3,6-11H2,1-2H3. The largest absolute Gasteiger partial charge is 0.464 e. The lowest BCUT2D eigenvalue weighted by atomic mass is 10.0. The Bertz CT molecular complexity index is 423. The van der Waals surface area contributed by atoms with Gasteiger partial charge < -0.3 is 19.9 Å². The lowest BCUT2D eigenvalue weighted by Gasteiger charge is -2.32. The van der Waals surface area contributed by atoms with Crippen LogP contribution in [-0.2, 0) is 11.3 Å². The molecule has 0 saturated carbocycles. The molecule has 1 aromatic heterocycles. The zero-order valence-corrected chi connectivity index (χ0v) is 12.4. The molecule has 0 spiro atoms. The number of aromatic nitrogens is 1. The van der Waals surface area contributed by atoms with Gasteiger partial charge in [-0.3, -0.25) is 0 Å². The summed E-state index contributed by atoms with van der Waals surface area (Å²) in [4.78, 5) is 17.0. The maximum Gasteiger partial charge on any atom is 0.354 e. The molecule has 5 nitrogen and oxygen atoms in total. The predicted molar refractivity (Wildman–Crippen MR) is 78.7 cm³/mol. The number of nitrogens with zero attached hydrogens (tertiary/aromatic N) is 1. The SMILES string of the molecule is CCCN1CCC(NCc2ccc(C(=O)OC)[nH]2)CC1. The topological polar surface area (TPSA) is 57.4 Å². The second-order valence-electron chi connectivity index (χ2n) is 5.39. The van der Waals surface area contributed by atoms with Crippen LogP contribution in [0.2, 0.25) is 0 Å². The Labute approximate surface area is 120 Å². The maximum atomic E-state index is 11.4. The molecule has 1 aliphatic heterocycles. The van der Waals surface area contributed by atoms with Crippen LogP contribution in [0.5, 0.6) is 0 Å². The van der Waals surface area contributed by atoms with Crippen molar-refractivity contribution in [3.8, 4) is 0 Å². The summed E-state index contributed by atoms with van der Waals surface area (Å²) in [6.45, 7) is 6.59. The summed E-state index contributed by atoms with van der Waals surface area (Å²) in [7, 11) is 1.39. The van der Waals surface area contributed by atoms with Crippen LogP contribution in [0.3, 0.4) is 0 Å². The number of hydrogen-bond acceptors (Lipinski definition) is 4. The third-order valence-electron chi connectivity index (χ3n) is 3.86. The molecule has 0 atom stereocenters. The van der Waals surface area contributed by atoms with Crippen molar-refractivity contribution in [3.05, 3.63) is 23.5 Å². The van der Waals surface area contributed by atoms with Crippen molar-refractivity contribution < 1.29 is 9.53 Å². The summed E-state index contributed by atoms with van der Waals surface area (Å²) >= 11 is 0. The van der Waals surface area contributed by atoms with Gasteiger partial charge in [-0.2, -0.15) is 0 Å². The van der Waals surface area contributed by atoms with E-state index in [9.17, 15) is 4.79 Å². The normalized spacial score (nSPS) is 17.3. The number of likely N-dealkylation sites (tertiary alicyclic amines) is 1. The van der Waals surface area contributed by atoms with Crippen LogP contribution >= 0.6 is 0 Å². The summed E-state index contributed by atoms with van der Waals surface area (Å²) in [6.07, 6.45) is 3.63. The van der Waals surface area contributed by atoms with E-state index < -0.39 is 0 Å². The minimum atomic E-state index is -0.316. The van der Waals surface area contributed by atoms with E-state index in [1.807, 2.05) is 6.07 Å². The van der Waals surface area contributed by atoms with E-state index in [1.165, 1.54) is 46.0 Å². The first-order valence-electron chi connectivity index (χ1n) is 7.45. The van der Waals surface area contributed by atoms with Gasteiger partial charge in [0.2, 0.25) is 0 Å². The molecule has 0 amide bonds. The number of piperidine rings is 1. The number of aromatic amines is 1.